The van der Waals surface area contributed by atoms with Gasteiger partial charge in [-0.25, -0.2) is 4.57 Å². The molecule has 0 aromatic carbocycles. The lowest BCUT2D eigenvalue weighted by Crippen LogP contribution is -2.47. The summed E-state index contributed by atoms with van der Waals surface area (Å²) < 4.78 is 30.7. The van der Waals surface area contributed by atoms with E-state index in [0.29, 0.717) is 23.9 Å². The van der Waals surface area contributed by atoms with Gasteiger partial charge in [0.1, 0.15) is 19.3 Å². The Bertz CT molecular complexity index is 1710. The van der Waals surface area contributed by atoms with E-state index in [2.05, 4.69) is 111 Å². The van der Waals surface area contributed by atoms with Crippen molar-refractivity contribution in [3.05, 3.63) is 97.2 Å². The molecule has 0 radical (unpaired) electrons. The first-order valence-electron chi connectivity index (χ1n) is 33.6. The Morgan fingerprint density at radius 2 is 0.753 bits per heavy atom. The van der Waals surface area contributed by atoms with Crippen LogP contribution in [0, 0.1) is 0 Å². The minimum absolute atomic E-state index is 0.0307. The number of hydrogen-bond acceptors (Lipinski definition) is 6. The number of quaternary nitrogens is 1. The number of unbranched alkanes of at least 4 members (excludes halogenated alkanes) is 30. The number of ether oxygens (including phenoxy) is 1. The van der Waals surface area contributed by atoms with Gasteiger partial charge in [0.15, 0.2) is 0 Å². The smallest absolute Gasteiger partial charge is 0.456 e. The molecule has 0 saturated carbocycles. The number of nitrogens with one attached hydrogen (secondary N) is 1. The van der Waals surface area contributed by atoms with Gasteiger partial charge in [-0.05, 0) is 115 Å². The Labute approximate surface area is 500 Å². The SMILES string of the molecule is CCCCC/C=C\C/C=C\C/C=C\C/C=C\CCCCCC(=O)OC(/C=C\CCCCCCCCCCC)C(COP(=O)(O)OCC[N+](C)(C)C)NC(=O)CCCCCCCCCCCCCC/C=C\C/C=C\C/C=C\CCCCC. The molecule has 2 N–H and O–H groups in total. The molecular formula is C71H128N2O7P+. The largest absolute Gasteiger partial charge is 0.472 e. The summed E-state index contributed by atoms with van der Waals surface area (Å²) in [6.07, 6.45) is 81.3. The highest BCUT2D eigenvalue weighted by molar-refractivity contribution is 7.47. The minimum Gasteiger partial charge on any atom is -0.456 e. The molecule has 9 nitrogen and oxygen atoms in total. The van der Waals surface area contributed by atoms with Crippen molar-refractivity contribution in [1.29, 1.82) is 0 Å². The van der Waals surface area contributed by atoms with Crippen molar-refractivity contribution in [2.24, 2.45) is 0 Å². The fourth-order valence-electron chi connectivity index (χ4n) is 9.28. The van der Waals surface area contributed by atoms with Crippen molar-refractivity contribution in [2.45, 2.75) is 303 Å². The predicted octanol–water partition coefficient (Wildman–Crippen LogP) is 21.1. The van der Waals surface area contributed by atoms with Crippen LogP contribution in [0.15, 0.2) is 97.2 Å². The number of nitrogens with zero attached hydrogens (tertiary/aromatic N) is 1. The van der Waals surface area contributed by atoms with Gasteiger partial charge in [-0.2, -0.15) is 0 Å². The maximum absolute atomic E-state index is 13.6. The number of hydrogen-bond donors (Lipinski definition) is 2. The van der Waals surface area contributed by atoms with Crippen LogP contribution in [-0.2, 0) is 27.9 Å². The highest BCUT2D eigenvalue weighted by Gasteiger charge is 2.30. The molecule has 3 atom stereocenters. The molecule has 3 unspecified atom stereocenters. The predicted molar refractivity (Wildman–Crippen MR) is 350 cm³/mol. The number of amides is 1. The van der Waals surface area contributed by atoms with Crippen LogP contribution in [0.2, 0.25) is 0 Å². The van der Waals surface area contributed by atoms with E-state index in [9.17, 15) is 19.0 Å². The van der Waals surface area contributed by atoms with Gasteiger partial charge in [-0.3, -0.25) is 18.6 Å². The second kappa shape index (κ2) is 60.1. The lowest BCUT2D eigenvalue weighted by Gasteiger charge is -2.27. The quantitative estimate of drug-likeness (QED) is 0.0205. The molecule has 0 aromatic heterocycles. The van der Waals surface area contributed by atoms with Gasteiger partial charge in [0.05, 0.1) is 33.8 Å². The van der Waals surface area contributed by atoms with Crippen molar-refractivity contribution in [1.82, 2.24) is 5.32 Å². The highest BCUT2D eigenvalue weighted by Crippen LogP contribution is 2.43. The molecule has 468 valence electrons. The van der Waals surface area contributed by atoms with Crippen LogP contribution < -0.4 is 5.32 Å². The third-order valence-electron chi connectivity index (χ3n) is 14.5. The van der Waals surface area contributed by atoms with Crippen LogP contribution in [0.3, 0.4) is 0 Å². The van der Waals surface area contributed by atoms with E-state index in [1.54, 1.807) is 0 Å². The topological polar surface area (TPSA) is 111 Å². The van der Waals surface area contributed by atoms with Crippen LogP contribution >= 0.6 is 7.82 Å². The fourth-order valence-corrected chi connectivity index (χ4v) is 10.0. The molecule has 0 aliphatic carbocycles. The molecule has 1 amide bonds. The summed E-state index contributed by atoms with van der Waals surface area (Å²) in [7, 11) is 1.47. The van der Waals surface area contributed by atoms with Crippen LogP contribution in [0.1, 0.15) is 290 Å². The standard InChI is InChI=1S/C71H127N2O7P/c1-7-10-13-16-19-22-25-27-29-31-33-34-35-36-37-38-40-41-43-45-48-51-54-57-60-63-70(74)72-68(67-79-81(76,77)78-66-65-73(4,5)6)69(62-59-56-53-50-47-24-21-18-15-12-9-3)80-71(75)64-61-58-55-52-49-46-44-42-39-32-30-28-26-23-20-17-14-11-8-2/h19-20,22-23,27-30,33-34,39,42,46,49,59,62,68-69H,7-18,21,24-26,31-32,35-38,40-41,43-45,47-48,50-58,60-61,63-67H2,1-6H3,(H-,72,74,76,77)/p+1/b22-19-,23-20-,29-27-,30-28-,34-33-,42-39-,49-46-,62-59-. The summed E-state index contributed by atoms with van der Waals surface area (Å²) in [5, 5.41) is 3.05. The lowest BCUT2D eigenvalue weighted by atomic mass is 10.0. The molecule has 0 heterocycles. The first-order valence-corrected chi connectivity index (χ1v) is 35.1. The zero-order valence-corrected chi connectivity index (χ0v) is 54.4. The van der Waals surface area contributed by atoms with Gasteiger partial charge in [-0.1, -0.05) is 260 Å². The first-order chi connectivity index (χ1) is 39.4. The Kier molecular flexibility index (Phi) is 57.8. The molecule has 81 heavy (non-hydrogen) atoms. The molecule has 0 spiro atoms. The summed E-state index contributed by atoms with van der Waals surface area (Å²) in [5.74, 6) is -0.543. The van der Waals surface area contributed by atoms with Crippen molar-refractivity contribution >= 4 is 19.7 Å². The summed E-state index contributed by atoms with van der Waals surface area (Å²) in [6.45, 7) is 6.94. The molecule has 0 aliphatic rings. The zero-order chi connectivity index (χ0) is 59.3. The Hall–Kier alpha value is -3.07. The van der Waals surface area contributed by atoms with E-state index in [4.69, 9.17) is 13.8 Å². The van der Waals surface area contributed by atoms with Crippen LogP contribution in [0.5, 0.6) is 0 Å². The zero-order valence-electron chi connectivity index (χ0n) is 53.5. The summed E-state index contributed by atoms with van der Waals surface area (Å²) >= 11 is 0. The van der Waals surface area contributed by atoms with Gasteiger partial charge in [0, 0.05) is 12.8 Å². The number of likely N-dealkylation sites (N-methyl/N-ethyl adjacent to an activating group) is 1. The summed E-state index contributed by atoms with van der Waals surface area (Å²) in [5.41, 5.74) is 0. The summed E-state index contributed by atoms with van der Waals surface area (Å²) in [6, 6.07) is -0.868. The third kappa shape index (κ3) is 61.3. The first kappa shape index (κ1) is 77.9. The van der Waals surface area contributed by atoms with Gasteiger partial charge >= 0.3 is 13.8 Å². The Morgan fingerprint density at radius 3 is 1.16 bits per heavy atom. The number of allylic oxidation sites excluding steroid dienone is 15. The van der Waals surface area contributed by atoms with E-state index in [-0.39, 0.29) is 31.5 Å². The normalized spacial score (nSPS) is 14.2. The average Bonchev–Trinajstić information content (AvgIpc) is 3.44. The number of phosphoric acid groups is 1. The molecule has 0 aromatic rings. The molecule has 0 bridgehead atoms. The van der Waals surface area contributed by atoms with Crippen molar-refractivity contribution < 1.29 is 37.3 Å². The molecule has 0 saturated heterocycles. The van der Waals surface area contributed by atoms with E-state index >= 15 is 0 Å². The second-order valence-electron chi connectivity index (χ2n) is 23.6. The number of esters is 1. The molecule has 0 aliphatic heterocycles. The number of phosphoric ester groups is 1. The van der Waals surface area contributed by atoms with Gasteiger partial charge < -0.3 is 19.4 Å². The Morgan fingerprint density at radius 1 is 0.432 bits per heavy atom. The van der Waals surface area contributed by atoms with Crippen molar-refractivity contribution in [3.8, 4) is 0 Å². The molecule has 0 fully saturated rings. The Balaban J connectivity index is 5.14. The molecular weight excluding hydrogens is 1020 g/mol. The van der Waals surface area contributed by atoms with E-state index in [1.165, 1.54) is 161 Å². The summed E-state index contributed by atoms with van der Waals surface area (Å²) in [4.78, 5) is 37.8. The number of carbonyl (C=O) groups is 2. The van der Waals surface area contributed by atoms with Gasteiger partial charge in [0.25, 0.3) is 0 Å². The second-order valence-corrected chi connectivity index (χ2v) is 25.1. The monoisotopic (exact) mass is 1150 g/mol. The van der Waals surface area contributed by atoms with Gasteiger partial charge in [0.2, 0.25) is 5.91 Å². The van der Waals surface area contributed by atoms with E-state index in [1.807, 2.05) is 33.3 Å². The van der Waals surface area contributed by atoms with Crippen molar-refractivity contribution in [2.75, 3.05) is 40.9 Å². The van der Waals surface area contributed by atoms with Crippen LogP contribution in [-0.4, -0.2) is 74.3 Å². The number of carbonyl (C=O) groups excluding carboxylic acids is 2. The maximum atomic E-state index is 13.6. The number of rotatable bonds is 60. The lowest BCUT2D eigenvalue weighted by molar-refractivity contribution is -0.870. The fraction of sp³-hybridized carbons (Fsp3) is 0.746. The van der Waals surface area contributed by atoms with Crippen LogP contribution in [0.25, 0.3) is 0 Å². The van der Waals surface area contributed by atoms with Crippen molar-refractivity contribution in [3.63, 3.8) is 0 Å². The minimum atomic E-state index is -4.46. The molecule has 0 rings (SSSR count). The van der Waals surface area contributed by atoms with Crippen LogP contribution in [0.4, 0.5) is 0 Å². The maximum Gasteiger partial charge on any atom is 0.472 e. The van der Waals surface area contributed by atoms with Gasteiger partial charge in [-0.15, -0.1) is 0 Å². The third-order valence-corrected chi connectivity index (χ3v) is 15.5. The average molecular weight is 1150 g/mol. The molecule has 10 heteroatoms. The highest BCUT2D eigenvalue weighted by atomic mass is 31.2. The van der Waals surface area contributed by atoms with E-state index in [0.717, 1.165) is 89.9 Å². The van der Waals surface area contributed by atoms with E-state index < -0.39 is 20.0 Å².